The summed E-state index contributed by atoms with van der Waals surface area (Å²) < 4.78 is 0. The fourth-order valence-corrected chi connectivity index (χ4v) is 3.88. The van der Waals surface area contributed by atoms with E-state index >= 15 is 0 Å². The molecular formula is C17H14N3NaO3S. The SMILES string of the molecule is O=C(O)C1=CSC2C(=Cc3c[nH]c(Cc4ccccc4)n3)C(=O)N12.[NaH]. The second kappa shape index (κ2) is 7.21. The number of carboxylic acid groups (broad SMARTS) is 1. The number of imidazole rings is 1. The maximum absolute atomic E-state index is 12.2. The van der Waals surface area contributed by atoms with Crippen LogP contribution in [0.4, 0.5) is 0 Å². The molecule has 2 aliphatic rings. The molecule has 0 radical (unpaired) electrons. The number of hydrogen-bond acceptors (Lipinski definition) is 4. The summed E-state index contributed by atoms with van der Waals surface area (Å²) in [5.41, 5.74) is 2.44. The van der Waals surface area contributed by atoms with Crippen molar-refractivity contribution in [3.05, 3.63) is 70.3 Å². The third-order valence-electron chi connectivity index (χ3n) is 3.92. The van der Waals surface area contributed by atoms with Crippen LogP contribution in [-0.4, -0.2) is 66.8 Å². The first-order chi connectivity index (χ1) is 11.6. The van der Waals surface area contributed by atoms with Crippen molar-refractivity contribution < 1.29 is 14.7 Å². The van der Waals surface area contributed by atoms with E-state index in [4.69, 9.17) is 5.11 Å². The van der Waals surface area contributed by atoms with Crippen molar-refractivity contribution in [2.75, 3.05) is 0 Å². The van der Waals surface area contributed by atoms with Crippen LogP contribution in [-0.2, 0) is 16.0 Å². The number of nitrogens with zero attached hydrogens (tertiary/aromatic N) is 2. The molecule has 2 aromatic rings. The average molecular weight is 363 g/mol. The van der Waals surface area contributed by atoms with Gasteiger partial charge in [-0.2, -0.15) is 0 Å². The zero-order valence-electron chi connectivity index (χ0n) is 12.5. The Morgan fingerprint density at radius 1 is 1.36 bits per heavy atom. The van der Waals surface area contributed by atoms with Crippen LogP contribution < -0.4 is 0 Å². The van der Waals surface area contributed by atoms with E-state index in [0.717, 1.165) is 11.4 Å². The fourth-order valence-electron chi connectivity index (χ4n) is 2.76. The first kappa shape index (κ1) is 18.0. The number of aromatic nitrogens is 2. The van der Waals surface area contributed by atoms with Gasteiger partial charge < -0.3 is 10.1 Å². The summed E-state index contributed by atoms with van der Waals surface area (Å²) in [6.45, 7) is 0. The molecule has 1 atom stereocenters. The molecule has 1 fully saturated rings. The number of carbonyl (C=O) groups excluding carboxylic acids is 1. The predicted molar refractivity (Wildman–Crippen MR) is 96.9 cm³/mol. The maximum atomic E-state index is 12.2. The Morgan fingerprint density at radius 2 is 2.12 bits per heavy atom. The summed E-state index contributed by atoms with van der Waals surface area (Å²) in [6, 6.07) is 9.99. The normalized spacial score (nSPS) is 19.9. The van der Waals surface area contributed by atoms with Gasteiger partial charge >= 0.3 is 35.5 Å². The number of aliphatic carboxylic acids is 1. The minimum absolute atomic E-state index is 0. The summed E-state index contributed by atoms with van der Waals surface area (Å²) in [5, 5.41) is 10.3. The van der Waals surface area contributed by atoms with Crippen LogP contribution in [0.1, 0.15) is 17.1 Å². The van der Waals surface area contributed by atoms with Crippen LogP contribution in [0.15, 0.2) is 53.2 Å². The zero-order chi connectivity index (χ0) is 16.7. The van der Waals surface area contributed by atoms with Crippen molar-refractivity contribution >= 4 is 59.3 Å². The molecule has 1 unspecified atom stereocenters. The van der Waals surface area contributed by atoms with Crippen LogP contribution in [0, 0.1) is 0 Å². The van der Waals surface area contributed by atoms with Gasteiger partial charge in [0.1, 0.15) is 16.9 Å². The van der Waals surface area contributed by atoms with Crippen LogP contribution >= 0.6 is 11.8 Å². The summed E-state index contributed by atoms with van der Waals surface area (Å²) in [4.78, 5) is 32.1. The number of aromatic amines is 1. The number of rotatable bonds is 4. The molecule has 6 nitrogen and oxygen atoms in total. The number of amides is 1. The van der Waals surface area contributed by atoms with E-state index in [-0.39, 0.29) is 46.5 Å². The van der Waals surface area contributed by atoms with Crippen molar-refractivity contribution in [2.45, 2.75) is 11.8 Å². The van der Waals surface area contributed by atoms with Gasteiger partial charge in [0.05, 0.1) is 11.3 Å². The van der Waals surface area contributed by atoms with Crippen molar-refractivity contribution in [1.29, 1.82) is 0 Å². The van der Waals surface area contributed by atoms with E-state index < -0.39 is 5.97 Å². The van der Waals surface area contributed by atoms with Crippen molar-refractivity contribution in [2.24, 2.45) is 0 Å². The molecule has 1 aromatic carbocycles. The Kier molecular flexibility index (Phi) is 5.19. The summed E-state index contributed by atoms with van der Waals surface area (Å²) in [6.07, 6.45) is 4.17. The number of fused-ring (bicyclic) bond motifs is 1. The van der Waals surface area contributed by atoms with Crippen molar-refractivity contribution in [3.8, 4) is 0 Å². The van der Waals surface area contributed by atoms with Gasteiger partial charge in [0.15, 0.2) is 0 Å². The van der Waals surface area contributed by atoms with Crippen molar-refractivity contribution in [3.63, 3.8) is 0 Å². The van der Waals surface area contributed by atoms with Gasteiger partial charge in [0, 0.05) is 18.0 Å². The molecule has 1 saturated heterocycles. The summed E-state index contributed by atoms with van der Waals surface area (Å²) in [5.74, 6) is -0.534. The molecule has 3 heterocycles. The van der Waals surface area contributed by atoms with Gasteiger partial charge in [-0.1, -0.05) is 30.3 Å². The molecule has 8 heteroatoms. The van der Waals surface area contributed by atoms with Gasteiger partial charge in [0.2, 0.25) is 0 Å². The number of nitrogens with one attached hydrogen (secondary N) is 1. The Morgan fingerprint density at radius 3 is 2.84 bits per heavy atom. The topological polar surface area (TPSA) is 86.3 Å². The molecule has 0 aliphatic carbocycles. The molecule has 0 saturated carbocycles. The second-order valence-electron chi connectivity index (χ2n) is 5.51. The van der Waals surface area contributed by atoms with Gasteiger partial charge in [-0.25, -0.2) is 9.78 Å². The first-order valence-corrected chi connectivity index (χ1v) is 8.30. The van der Waals surface area contributed by atoms with E-state index in [9.17, 15) is 9.59 Å². The van der Waals surface area contributed by atoms with Gasteiger partial charge in [0.25, 0.3) is 5.91 Å². The third kappa shape index (κ3) is 3.32. The predicted octanol–water partition coefficient (Wildman–Crippen LogP) is 1.58. The zero-order valence-corrected chi connectivity index (χ0v) is 13.3. The quantitative estimate of drug-likeness (QED) is 0.489. The Hall–Kier alpha value is -1.80. The Labute approximate surface area is 170 Å². The van der Waals surface area contributed by atoms with E-state index in [2.05, 4.69) is 9.97 Å². The van der Waals surface area contributed by atoms with E-state index in [1.807, 2.05) is 30.3 Å². The first-order valence-electron chi connectivity index (χ1n) is 7.36. The minimum atomic E-state index is -1.08. The standard InChI is InChI=1S/C17H13N3O3S.Na.H/c21-15-12(16-20(15)13(9-24-16)17(22)23)7-11-8-18-14(19-11)6-10-4-2-1-3-5-10;;/h1-5,7-9,16H,6H2,(H,18,19)(H,22,23);;. The van der Waals surface area contributed by atoms with E-state index in [1.165, 1.54) is 22.1 Å². The Bertz CT molecular complexity index is 892. The molecule has 1 aromatic heterocycles. The van der Waals surface area contributed by atoms with Crippen LogP contribution in [0.25, 0.3) is 6.08 Å². The molecule has 0 bridgehead atoms. The second-order valence-corrected chi connectivity index (χ2v) is 6.46. The summed E-state index contributed by atoms with van der Waals surface area (Å²) in [7, 11) is 0. The van der Waals surface area contributed by atoms with Gasteiger partial charge in [-0.15, -0.1) is 11.8 Å². The molecule has 2 N–H and O–H groups in total. The number of benzene rings is 1. The fraction of sp³-hybridized carbons (Fsp3) is 0.118. The molecular weight excluding hydrogens is 349 g/mol. The summed E-state index contributed by atoms with van der Waals surface area (Å²) >= 11 is 1.33. The molecule has 4 rings (SSSR count). The van der Waals surface area contributed by atoms with Gasteiger partial charge in [-0.05, 0) is 11.6 Å². The molecule has 0 spiro atoms. The number of carbonyl (C=O) groups is 2. The number of hydrogen-bond donors (Lipinski definition) is 2. The Balaban J connectivity index is 0.00000182. The van der Waals surface area contributed by atoms with Crippen LogP contribution in [0.3, 0.4) is 0 Å². The third-order valence-corrected chi connectivity index (χ3v) is 5.00. The average Bonchev–Trinajstić information content (AvgIpc) is 3.18. The number of β-lactam (4-membered cyclic amide) rings is 1. The van der Waals surface area contributed by atoms with Crippen LogP contribution in [0.5, 0.6) is 0 Å². The van der Waals surface area contributed by atoms with Crippen molar-refractivity contribution in [1.82, 2.24) is 14.9 Å². The molecule has 25 heavy (non-hydrogen) atoms. The van der Waals surface area contributed by atoms with Crippen LogP contribution in [0.2, 0.25) is 0 Å². The number of thioether (sulfide) groups is 1. The number of H-pyrrole nitrogens is 1. The van der Waals surface area contributed by atoms with Gasteiger partial charge in [-0.3, -0.25) is 9.69 Å². The van der Waals surface area contributed by atoms with E-state index in [0.29, 0.717) is 17.7 Å². The molecule has 122 valence electrons. The number of carboxylic acids is 1. The molecule has 2 aliphatic heterocycles. The van der Waals surface area contributed by atoms with E-state index in [1.54, 1.807) is 12.3 Å². The monoisotopic (exact) mass is 363 g/mol. The molecule has 1 amide bonds.